The average molecular weight is 487 g/mol. The minimum Gasteiger partial charge on any atom is -0.508 e. The largest absolute Gasteiger partial charge is 0.508 e. The smallest absolute Gasteiger partial charge is 0.310 e. The molecular weight excluding hydrogens is 444 g/mol. The molecule has 0 fully saturated rings. The van der Waals surface area contributed by atoms with Gasteiger partial charge in [-0.25, -0.2) is 0 Å². The molecule has 0 saturated carbocycles. The predicted octanol–water partition coefficient (Wildman–Crippen LogP) is 5.86. The molecule has 1 aromatic rings. The van der Waals surface area contributed by atoms with Crippen LogP contribution in [0, 0.1) is 5.92 Å². The van der Waals surface area contributed by atoms with Crippen LogP contribution in [0.25, 0.3) is 0 Å². The molecule has 0 heterocycles. The highest BCUT2D eigenvalue weighted by Crippen LogP contribution is 2.30. The van der Waals surface area contributed by atoms with Gasteiger partial charge in [0.05, 0.1) is 13.5 Å². The Bertz CT molecular complexity index is 925. The van der Waals surface area contributed by atoms with Gasteiger partial charge in [0.1, 0.15) is 23.2 Å². The van der Waals surface area contributed by atoms with Crippen molar-refractivity contribution in [3.8, 4) is 11.5 Å². The Labute approximate surface area is 210 Å². The summed E-state index contributed by atoms with van der Waals surface area (Å²) < 4.78 is 11.0. The molecule has 1 aromatic carbocycles. The zero-order chi connectivity index (χ0) is 26.6. The standard InChI is InChI=1S/C29H42O6/c1-8-29(6,35-26-15-14-24(30)18-23(26)19-27(32)34-7)16-10-12-21(4)11-9-13-22(5)28(33)25(31)17-20(2)3/h8,12,14-15,17-18,22,25,30-31H,1,9-11,13,16,19H2,2-7H3/b21-12+. The van der Waals surface area contributed by atoms with Gasteiger partial charge >= 0.3 is 5.97 Å². The maximum Gasteiger partial charge on any atom is 0.310 e. The lowest BCUT2D eigenvalue weighted by atomic mass is 9.93. The van der Waals surface area contributed by atoms with Crippen LogP contribution < -0.4 is 4.74 Å². The van der Waals surface area contributed by atoms with Crippen molar-refractivity contribution in [3.05, 3.63) is 59.7 Å². The molecule has 0 aliphatic heterocycles. The zero-order valence-electron chi connectivity index (χ0n) is 22.1. The number of hydrogen-bond donors (Lipinski definition) is 2. The number of phenolic OH excluding ortho intramolecular Hbond substituents is 1. The van der Waals surface area contributed by atoms with Crippen LogP contribution in [0.4, 0.5) is 0 Å². The number of benzene rings is 1. The van der Waals surface area contributed by atoms with Gasteiger partial charge in [-0.1, -0.05) is 36.8 Å². The molecule has 35 heavy (non-hydrogen) atoms. The summed E-state index contributed by atoms with van der Waals surface area (Å²) in [6, 6.07) is 4.67. The van der Waals surface area contributed by atoms with E-state index in [0.717, 1.165) is 31.3 Å². The fourth-order valence-electron chi connectivity index (χ4n) is 3.70. The van der Waals surface area contributed by atoms with Gasteiger partial charge in [0.25, 0.3) is 0 Å². The number of rotatable bonds is 15. The first-order chi connectivity index (χ1) is 16.4. The number of aliphatic hydroxyl groups excluding tert-OH is 1. The molecule has 2 N–H and O–H groups in total. The number of aliphatic hydroxyl groups is 1. The monoisotopic (exact) mass is 486 g/mol. The molecule has 0 saturated heterocycles. The van der Waals surface area contributed by atoms with Gasteiger partial charge in [-0.05, 0) is 84.1 Å². The van der Waals surface area contributed by atoms with E-state index in [1.165, 1.54) is 24.8 Å². The maximum absolute atomic E-state index is 12.3. The maximum atomic E-state index is 12.3. The molecule has 0 radical (unpaired) electrons. The molecule has 1 rings (SSSR count). The Balaban J connectivity index is 2.65. The number of carbonyl (C=O) groups is 2. The number of Topliss-reactive ketones (excluding diaryl/α,β-unsaturated/α-hetero) is 1. The molecular formula is C29H42O6. The Hall–Kier alpha value is -2.86. The van der Waals surface area contributed by atoms with Crippen molar-refractivity contribution >= 4 is 11.8 Å². The van der Waals surface area contributed by atoms with E-state index in [1.54, 1.807) is 18.2 Å². The van der Waals surface area contributed by atoms with Crippen LogP contribution in [0.1, 0.15) is 72.3 Å². The molecule has 3 unspecified atom stereocenters. The number of hydrogen-bond acceptors (Lipinski definition) is 6. The number of ketones is 1. The van der Waals surface area contributed by atoms with Gasteiger partial charge < -0.3 is 19.7 Å². The van der Waals surface area contributed by atoms with Crippen molar-refractivity contribution in [1.29, 1.82) is 0 Å². The normalized spacial score (nSPS) is 14.9. The fourth-order valence-corrected chi connectivity index (χ4v) is 3.70. The van der Waals surface area contributed by atoms with Crippen LogP contribution in [-0.4, -0.2) is 40.8 Å². The Morgan fingerprint density at radius 1 is 1.23 bits per heavy atom. The first-order valence-electron chi connectivity index (χ1n) is 12.1. The minimum atomic E-state index is -1.02. The van der Waals surface area contributed by atoms with Crippen LogP contribution in [0.3, 0.4) is 0 Å². The predicted molar refractivity (Wildman–Crippen MR) is 140 cm³/mol. The van der Waals surface area contributed by atoms with Gasteiger partial charge in [0.2, 0.25) is 0 Å². The lowest BCUT2D eigenvalue weighted by Crippen LogP contribution is -2.30. The van der Waals surface area contributed by atoms with Crippen LogP contribution in [0.15, 0.2) is 54.2 Å². The molecule has 0 aliphatic rings. The molecule has 6 nitrogen and oxygen atoms in total. The topological polar surface area (TPSA) is 93.1 Å². The lowest BCUT2D eigenvalue weighted by Gasteiger charge is -2.28. The molecule has 0 bridgehead atoms. The number of aromatic hydroxyl groups is 1. The number of phenols is 1. The van der Waals surface area contributed by atoms with Crippen LogP contribution in [0.5, 0.6) is 11.5 Å². The summed E-state index contributed by atoms with van der Waals surface area (Å²) in [5, 5.41) is 19.8. The summed E-state index contributed by atoms with van der Waals surface area (Å²) in [6.45, 7) is 13.5. The molecule has 6 heteroatoms. The number of carbonyl (C=O) groups excluding carboxylic acids is 2. The fraction of sp³-hybridized carbons (Fsp3) is 0.517. The number of esters is 1. The van der Waals surface area contributed by atoms with Crippen molar-refractivity contribution in [3.63, 3.8) is 0 Å². The van der Waals surface area contributed by atoms with Gasteiger partial charge in [-0.3, -0.25) is 9.59 Å². The van der Waals surface area contributed by atoms with Crippen LogP contribution >= 0.6 is 0 Å². The SMILES string of the molecule is C=CC(C)(CC/C=C(\C)CCCC(C)C(=O)C(O)C=C(C)C)Oc1ccc(O)cc1CC(=O)OC. The van der Waals surface area contributed by atoms with E-state index >= 15 is 0 Å². The average Bonchev–Trinajstić information content (AvgIpc) is 2.79. The van der Waals surface area contributed by atoms with Crippen molar-refractivity contribution < 1.29 is 29.3 Å². The van der Waals surface area contributed by atoms with Gasteiger partial charge in [-0.15, -0.1) is 0 Å². The van der Waals surface area contributed by atoms with Crippen molar-refractivity contribution in [2.45, 2.75) is 84.8 Å². The van der Waals surface area contributed by atoms with Gasteiger partial charge in [-0.2, -0.15) is 0 Å². The summed E-state index contributed by atoms with van der Waals surface area (Å²) >= 11 is 0. The summed E-state index contributed by atoms with van der Waals surface area (Å²) in [6.07, 6.45) is 8.41. The second-order valence-corrected chi connectivity index (χ2v) is 9.64. The Morgan fingerprint density at radius 3 is 2.51 bits per heavy atom. The second kappa shape index (κ2) is 14.5. The molecule has 0 amide bonds. The van der Waals surface area contributed by atoms with Gasteiger partial charge in [0, 0.05) is 11.5 Å². The first kappa shape index (κ1) is 30.2. The van der Waals surface area contributed by atoms with E-state index in [2.05, 4.69) is 19.6 Å². The summed E-state index contributed by atoms with van der Waals surface area (Å²) in [5.74, 6) is -0.174. The highest BCUT2D eigenvalue weighted by molar-refractivity contribution is 5.86. The summed E-state index contributed by atoms with van der Waals surface area (Å²) in [4.78, 5) is 24.0. The second-order valence-electron chi connectivity index (χ2n) is 9.64. The van der Waals surface area contributed by atoms with Crippen molar-refractivity contribution in [2.24, 2.45) is 5.92 Å². The minimum absolute atomic E-state index is 0.00123. The zero-order valence-corrected chi connectivity index (χ0v) is 22.1. The number of ether oxygens (including phenoxy) is 2. The van der Waals surface area contributed by atoms with E-state index in [-0.39, 0.29) is 23.9 Å². The third-order valence-corrected chi connectivity index (χ3v) is 5.99. The van der Waals surface area contributed by atoms with E-state index < -0.39 is 17.7 Å². The van der Waals surface area contributed by atoms with Crippen LogP contribution in [-0.2, 0) is 20.7 Å². The quantitative estimate of drug-likeness (QED) is 0.238. The Morgan fingerprint density at radius 2 is 1.91 bits per heavy atom. The highest BCUT2D eigenvalue weighted by Gasteiger charge is 2.24. The van der Waals surface area contributed by atoms with Crippen LogP contribution in [0.2, 0.25) is 0 Å². The van der Waals surface area contributed by atoms with E-state index in [0.29, 0.717) is 17.7 Å². The lowest BCUT2D eigenvalue weighted by molar-refractivity contribution is -0.139. The third-order valence-electron chi connectivity index (χ3n) is 5.99. The van der Waals surface area contributed by atoms with Crippen molar-refractivity contribution in [1.82, 2.24) is 0 Å². The van der Waals surface area contributed by atoms with Crippen molar-refractivity contribution in [2.75, 3.05) is 7.11 Å². The molecule has 0 aliphatic carbocycles. The molecule has 194 valence electrons. The van der Waals surface area contributed by atoms with Gasteiger partial charge in [0.15, 0.2) is 5.78 Å². The summed E-state index contributed by atoms with van der Waals surface area (Å²) in [7, 11) is 1.32. The molecule has 0 aromatic heterocycles. The Kier molecular flexibility index (Phi) is 12.5. The highest BCUT2D eigenvalue weighted by atomic mass is 16.5. The third kappa shape index (κ3) is 11.0. The number of allylic oxidation sites excluding steroid dienone is 3. The van der Waals surface area contributed by atoms with E-state index in [9.17, 15) is 19.8 Å². The summed E-state index contributed by atoms with van der Waals surface area (Å²) in [5.41, 5.74) is 2.05. The number of methoxy groups -OCH3 is 1. The van der Waals surface area contributed by atoms with E-state index in [4.69, 9.17) is 9.47 Å². The first-order valence-corrected chi connectivity index (χ1v) is 12.1. The molecule has 3 atom stereocenters. The molecule has 0 spiro atoms. The van der Waals surface area contributed by atoms with E-state index in [1.807, 2.05) is 27.7 Å².